The first kappa shape index (κ1) is 17.8. The van der Waals surface area contributed by atoms with Crippen molar-refractivity contribution >= 4 is 5.91 Å². The van der Waals surface area contributed by atoms with Crippen LogP contribution in [0.2, 0.25) is 0 Å². The third-order valence-electron chi connectivity index (χ3n) is 4.74. The lowest BCUT2D eigenvalue weighted by Crippen LogP contribution is -2.49. The maximum absolute atomic E-state index is 12.9. The number of benzene rings is 1. The highest BCUT2D eigenvalue weighted by atomic mass is 16.5. The van der Waals surface area contributed by atoms with E-state index in [1.807, 2.05) is 24.3 Å². The van der Waals surface area contributed by atoms with Crippen molar-refractivity contribution in [3.8, 4) is 5.75 Å². The lowest BCUT2D eigenvalue weighted by atomic mass is 9.73. The molecule has 0 unspecified atom stereocenters. The summed E-state index contributed by atoms with van der Waals surface area (Å²) in [6.45, 7) is 5.86. The Balaban J connectivity index is 2.12. The summed E-state index contributed by atoms with van der Waals surface area (Å²) in [5.41, 5.74) is 0.554. The fourth-order valence-corrected chi connectivity index (χ4v) is 2.96. The van der Waals surface area contributed by atoms with E-state index in [2.05, 4.69) is 24.2 Å². The molecule has 0 saturated carbocycles. The van der Waals surface area contributed by atoms with E-state index in [1.165, 1.54) is 0 Å². The molecule has 1 N–H and O–H groups in total. The third-order valence-corrected chi connectivity index (χ3v) is 4.74. The summed E-state index contributed by atoms with van der Waals surface area (Å²) in [5, 5.41) is 3.12. The summed E-state index contributed by atoms with van der Waals surface area (Å²) in [5.74, 6) is 0.913. The Labute approximate surface area is 139 Å². The van der Waals surface area contributed by atoms with Crippen LogP contribution in [-0.4, -0.2) is 57.8 Å². The highest BCUT2D eigenvalue weighted by molar-refractivity contribution is 5.88. The molecule has 1 fully saturated rings. The first-order valence-electron chi connectivity index (χ1n) is 8.31. The molecule has 1 heterocycles. The standard InChI is InChI=1S/C18H28N2O3/c1-4-20(2)12-11-19-17(21)18(9-13-23-14-10-18)15-5-7-16(22-3)8-6-15/h5-8H,4,9-14H2,1-3H3,(H,19,21). The minimum Gasteiger partial charge on any atom is -0.497 e. The van der Waals surface area contributed by atoms with Gasteiger partial charge in [0, 0.05) is 26.3 Å². The van der Waals surface area contributed by atoms with Gasteiger partial charge in [-0.05, 0) is 44.1 Å². The topological polar surface area (TPSA) is 50.8 Å². The maximum atomic E-state index is 12.9. The normalized spacial score (nSPS) is 17.0. The largest absolute Gasteiger partial charge is 0.497 e. The highest BCUT2D eigenvalue weighted by Gasteiger charge is 2.41. The average Bonchev–Trinajstić information content (AvgIpc) is 2.62. The van der Waals surface area contributed by atoms with E-state index < -0.39 is 5.41 Å². The van der Waals surface area contributed by atoms with Gasteiger partial charge in [-0.1, -0.05) is 19.1 Å². The number of ether oxygens (including phenoxy) is 2. The molecule has 0 radical (unpaired) electrons. The molecule has 23 heavy (non-hydrogen) atoms. The van der Waals surface area contributed by atoms with Gasteiger partial charge in [0.05, 0.1) is 12.5 Å². The van der Waals surface area contributed by atoms with Gasteiger partial charge in [-0.3, -0.25) is 4.79 Å². The van der Waals surface area contributed by atoms with Gasteiger partial charge in [0.2, 0.25) is 5.91 Å². The predicted octanol–water partition coefficient (Wildman–Crippen LogP) is 1.81. The molecule has 0 atom stereocenters. The number of carbonyl (C=O) groups excluding carboxylic acids is 1. The fraction of sp³-hybridized carbons (Fsp3) is 0.611. The Bertz CT molecular complexity index is 495. The molecule has 0 aliphatic carbocycles. The first-order valence-corrected chi connectivity index (χ1v) is 8.31. The number of rotatable bonds is 7. The Hall–Kier alpha value is -1.59. The van der Waals surface area contributed by atoms with Crippen molar-refractivity contribution in [2.24, 2.45) is 0 Å². The van der Waals surface area contributed by atoms with Crippen LogP contribution < -0.4 is 10.1 Å². The maximum Gasteiger partial charge on any atom is 0.230 e. The Morgan fingerprint density at radius 2 is 1.96 bits per heavy atom. The van der Waals surface area contributed by atoms with Crippen molar-refractivity contribution in [3.63, 3.8) is 0 Å². The molecular weight excluding hydrogens is 292 g/mol. The molecule has 1 aromatic carbocycles. The zero-order chi connectivity index (χ0) is 16.7. The number of hydrogen-bond donors (Lipinski definition) is 1. The van der Waals surface area contributed by atoms with Crippen LogP contribution in [0, 0.1) is 0 Å². The number of carbonyl (C=O) groups is 1. The second-order valence-electron chi connectivity index (χ2n) is 6.07. The van der Waals surface area contributed by atoms with Crippen molar-refractivity contribution in [1.82, 2.24) is 10.2 Å². The number of hydrogen-bond acceptors (Lipinski definition) is 4. The lowest BCUT2D eigenvalue weighted by molar-refractivity contribution is -0.130. The zero-order valence-electron chi connectivity index (χ0n) is 14.4. The van der Waals surface area contributed by atoms with E-state index in [0.29, 0.717) is 19.8 Å². The van der Waals surface area contributed by atoms with Crippen LogP contribution in [0.1, 0.15) is 25.3 Å². The SMILES string of the molecule is CCN(C)CCNC(=O)C1(c2ccc(OC)cc2)CCOCC1. The van der Waals surface area contributed by atoms with E-state index >= 15 is 0 Å². The van der Waals surface area contributed by atoms with Crippen molar-refractivity contribution in [2.75, 3.05) is 47.0 Å². The molecule has 5 heteroatoms. The molecule has 1 amide bonds. The van der Waals surface area contributed by atoms with Crippen molar-refractivity contribution in [1.29, 1.82) is 0 Å². The predicted molar refractivity (Wildman–Crippen MR) is 90.9 cm³/mol. The zero-order valence-corrected chi connectivity index (χ0v) is 14.4. The highest BCUT2D eigenvalue weighted by Crippen LogP contribution is 2.36. The van der Waals surface area contributed by atoms with Crippen LogP contribution in [0.5, 0.6) is 5.75 Å². The molecule has 2 rings (SSSR count). The van der Waals surface area contributed by atoms with E-state index in [4.69, 9.17) is 9.47 Å². The molecule has 1 aliphatic rings. The summed E-state index contributed by atoms with van der Waals surface area (Å²) >= 11 is 0. The van der Waals surface area contributed by atoms with Gasteiger partial charge in [-0.25, -0.2) is 0 Å². The molecule has 1 saturated heterocycles. The van der Waals surface area contributed by atoms with E-state index in [-0.39, 0.29) is 5.91 Å². The van der Waals surface area contributed by atoms with E-state index in [0.717, 1.165) is 37.2 Å². The van der Waals surface area contributed by atoms with Gasteiger partial charge in [0.1, 0.15) is 5.75 Å². The summed E-state index contributed by atoms with van der Waals surface area (Å²) in [4.78, 5) is 15.1. The molecule has 1 aromatic rings. The number of methoxy groups -OCH3 is 1. The summed E-state index contributed by atoms with van der Waals surface area (Å²) in [6, 6.07) is 7.85. The molecule has 0 spiro atoms. The molecular formula is C18H28N2O3. The van der Waals surface area contributed by atoms with Gasteiger partial charge in [0.25, 0.3) is 0 Å². The Morgan fingerprint density at radius 1 is 1.30 bits per heavy atom. The first-order chi connectivity index (χ1) is 11.1. The second kappa shape index (κ2) is 8.31. The monoisotopic (exact) mass is 320 g/mol. The van der Waals surface area contributed by atoms with Crippen molar-refractivity contribution in [2.45, 2.75) is 25.2 Å². The van der Waals surface area contributed by atoms with Gasteiger partial charge in [-0.15, -0.1) is 0 Å². The van der Waals surface area contributed by atoms with E-state index in [9.17, 15) is 4.79 Å². The third kappa shape index (κ3) is 4.24. The van der Waals surface area contributed by atoms with Crippen LogP contribution in [0.3, 0.4) is 0 Å². The number of amides is 1. The van der Waals surface area contributed by atoms with Gasteiger partial charge in [0.15, 0.2) is 0 Å². The molecule has 128 valence electrons. The van der Waals surface area contributed by atoms with Crippen LogP contribution in [0.25, 0.3) is 0 Å². The molecule has 1 aliphatic heterocycles. The van der Waals surface area contributed by atoms with Gasteiger partial charge < -0.3 is 19.7 Å². The smallest absolute Gasteiger partial charge is 0.230 e. The summed E-state index contributed by atoms with van der Waals surface area (Å²) in [7, 11) is 3.70. The minimum absolute atomic E-state index is 0.107. The van der Waals surface area contributed by atoms with Crippen molar-refractivity contribution < 1.29 is 14.3 Å². The van der Waals surface area contributed by atoms with Gasteiger partial charge in [-0.2, -0.15) is 0 Å². The number of nitrogens with one attached hydrogen (secondary N) is 1. The van der Waals surface area contributed by atoms with Crippen LogP contribution >= 0.6 is 0 Å². The van der Waals surface area contributed by atoms with Gasteiger partial charge >= 0.3 is 0 Å². The lowest BCUT2D eigenvalue weighted by Gasteiger charge is -2.36. The van der Waals surface area contributed by atoms with Crippen LogP contribution in [0.15, 0.2) is 24.3 Å². The van der Waals surface area contributed by atoms with E-state index in [1.54, 1.807) is 7.11 Å². The average molecular weight is 320 g/mol. The Kier molecular flexibility index (Phi) is 6.42. The number of nitrogens with zero attached hydrogens (tertiary/aromatic N) is 1. The van der Waals surface area contributed by atoms with Crippen molar-refractivity contribution in [3.05, 3.63) is 29.8 Å². The summed E-state index contributed by atoms with van der Waals surface area (Å²) in [6.07, 6.45) is 1.43. The Morgan fingerprint density at radius 3 is 2.52 bits per heavy atom. The van der Waals surface area contributed by atoms with Crippen LogP contribution in [0.4, 0.5) is 0 Å². The molecule has 0 bridgehead atoms. The molecule has 5 nitrogen and oxygen atoms in total. The fourth-order valence-electron chi connectivity index (χ4n) is 2.96. The quantitative estimate of drug-likeness (QED) is 0.832. The number of likely N-dealkylation sites (N-methyl/N-ethyl adjacent to an activating group) is 1. The minimum atomic E-state index is -0.491. The summed E-state index contributed by atoms with van der Waals surface area (Å²) < 4.78 is 10.7. The van der Waals surface area contributed by atoms with Crippen LogP contribution in [-0.2, 0) is 14.9 Å². The second-order valence-corrected chi connectivity index (χ2v) is 6.07. The molecule has 0 aromatic heterocycles.